The molecule has 4 heteroatoms. The van der Waals surface area contributed by atoms with Crippen molar-refractivity contribution in [1.82, 2.24) is 4.98 Å². The number of hydrogen-bond acceptors (Lipinski definition) is 3. The first kappa shape index (κ1) is 14.1. The summed E-state index contributed by atoms with van der Waals surface area (Å²) >= 11 is 0. The number of anilines is 1. The van der Waals surface area contributed by atoms with Gasteiger partial charge in [0.15, 0.2) is 0 Å². The van der Waals surface area contributed by atoms with Gasteiger partial charge in [-0.15, -0.1) is 0 Å². The SMILES string of the molecule is Cc1ccc(CCNc2ccncc2C(N)=O)c(C)c1. The fourth-order valence-corrected chi connectivity index (χ4v) is 2.20. The molecule has 0 fully saturated rings. The monoisotopic (exact) mass is 269 g/mol. The van der Waals surface area contributed by atoms with E-state index in [1.807, 2.05) is 0 Å². The lowest BCUT2D eigenvalue weighted by Crippen LogP contribution is -2.16. The van der Waals surface area contributed by atoms with Crippen molar-refractivity contribution in [2.24, 2.45) is 5.73 Å². The van der Waals surface area contributed by atoms with Gasteiger partial charge in [-0.1, -0.05) is 23.8 Å². The Hall–Kier alpha value is -2.36. The normalized spacial score (nSPS) is 10.3. The number of carbonyl (C=O) groups excluding carboxylic acids is 1. The van der Waals surface area contributed by atoms with Crippen LogP contribution in [0.5, 0.6) is 0 Å². The summed E-state index contributed by atoms with van der Waals surface area (Å²) < 4.78 is 0. The molecular formula is C16H19N3O. The van der Waals surface area contributed by atoms with E-state index in [-0.39, 0.29) is 0 Å². The average molecular weight is 269 g/mol. The number of primary amides is 1. The summed E-state index contributed by atoms with van der Waals surface area (Å²) in [5.74, 6) is -0.466. The minimum absolute atomic E-state index is 0.424. The second kappa shape index (κ2) is 6.19. The fraction of sp³-hybridized carbons (Fsp3) is 0.250. The largest absolute Gasteiger partial charge is 0.384 e. The Morgan fingerprint density at radius 3 is 2.80 bits per heavy atom. The minimum Gasteiger partial charge on any atom is -0.384 e. The van der Waals surface area contributed by atoms with E-state index in [9.17, 15) is 4.79 Å². The maximum absolute atomic E-state index is 11.3. The number of carbonyl (C=O) groups is 1. The Morgan fingerprint density at radius 2 is 2.10 bits per heavy atom. The van der Waals surface area contributed by atoms with Crippen LogP contribution in [0.15, 0.2) is 36.7 Å². The number of benzene rings is 1. The molecule has 1 aromatic heterocycles. The summed E-state index contributed by atoms with van der Waals surface area (Å²) in [5, 5.41) is 3.24. The van der Waals surface area contributed by atoms with Crippen LogP contribution in [-0.2, 0) is 6.42 Å². The first-order valence-electron chi connectivity index (χ1n) is 6.62. The van der Waals surface area contributed by atoms with Crippen LogP contribution < -0.4 is 11.1 Å². The summed E-state index contributed by atoms with van der Waals surface area (Å²) in [7, 11) is 0. The highest BCUT2D eigenvalue weighted by Gasteiger charge is 2.07. The Morgan fingerprint density at radius 1 is 1.30 bits per heavy atom. The Bertz CT molecular complexity index is 623. The van der Waals surface area contributed by atoms with Crippen molar-refractivity contribution >= 4 is 11.6 Å². The number of nitrogens with zero attached hydrogens (tertiary/aromatic N) is 1. The molecule has 0 saturated carbocycles. The molecule has 0 aliphatic carbocycles. The predicted molar refractivity (Wildman–Crippen MR) is 80.9 cm³/mol. The van der Waals surface area contributed by atoms with Crippen LogP contribution in [0.3, 0.4) is 0 Å². The van der Waals surface area contributed by atoms with Gasteiger partial charge in [0.25, 0.3) is 5.91 Å². The first-order valence-corrected chi connectivity index (χ1v) is 6.62. The third-order valence-electron chi connectivity index (χ3n) is 3.29. The van der Waals surface area contributed by atoms with Crippen LogP contribution in [0.2, 0.25) is 0 Å². The number of aromatic nitrogens is 1. The zero-order valence-electron chi connectivity index (χ0n) is 11.8. The molecule has 0 bridgehead atoms. The number of hydrogen-bond donors (Lipinski definition) is 2. The molecule has 3 N–H and O–H groups in total. The Kier molecular flexibility index (Phi) is 4.35. The summed E-state index contributed by atoms with van der Waals surface area (Å²) in [5.41, 5.74) is 10.3. The van der Waals surface area contributed by atoms with Gasteiger partial charge in [-0.3, -0.25) is 9.78 Å². The smallest absolute Gasteiger partial charge is 0.252 e. The molecule has 1 amide bonds. The van der Waals surface area contributed by atoms with E-state index in [0.717, 1.165) is 18.7 Å². The number of amides is 1. The van der Waals surface area contributed by atoms with Gasteiger partial charge in [-0.25, -0.2) is 0 Å². The van der Waals surface area contributed by atoms with Crippen molar-refractivity contribution in [1.29, 1.82) is 0 Å². The van der Waals surface area contributed by atoms with Crippen molar-refractivity contribution in [2.75, 3.05) is 11.9 Å². The van der Waals surface area contributed by atoms with E-state index in [0.29, 0.717) is 5.56 Å². The quantitative estimate of drug-likeness (QED) is 0.876. The number of nitrogens with two attached hydrogens (primary N) is 1. The molecule has 0 atom stereocenters. The van der Waals surface area contributed by atoms with E-state index in [4.69, 9.17) is 5.73 Å². The van der Waals surface area contributed by atoms with Gasteiger partial charge in [-0.05, 0) is 37.5 Å². The lowest BCUT2D eigenvalue weighted by atomic mass is 10.0. The fourth-order valence-electron chi connectivity index (χ4n) is 2.20. The van der Waals surface area contributed by atoms with E-state index >= 15 is 0 Å². The number of rotatable bonds is 5. The van der Waals surface area contributed by atoms with Crippen LogP contribution in [0, 0.1) is 13.8 Å². The average Bonchev–Trinajstić information content (AvgIpc) is 2.41. The Balaban J connectivity index is 2.01. The molecule has 2 aromatic rings. The maximum atomic E-state index is 11.3. The van der Waals surface area contributed by atoms with Crippen LogP contribution in [0.25, 0.3) is 0 Å². The standard InChI is InChI=1S/C16H19N3O/c1-11-3-4-13(12(2)9-11)5-8-19-15-6-7-18-10-14(15)16(17)20/h3-4,6-7,9-10H,5,8H2,1-2H3,(H2,17,20)(H,18,19). The highest BCUT2D eigenvalue weighted by Crippen LogP contribution is 2.14. The molecular weight excluding hydrogens is 250 g/mol. The molecule has 1 heterocycles. The van der Waals surface area contributed by atoms with E-state index in [2.05, 4.69) is 42.3 Å². The van der Waals surface area contributed by atoms with E-state index in [1.165, 1.54) is 22.9 Å². The molecule has 1 aromatic carbocycles. The number of aryl methyl sites for hydroxylation is 2. The third kappa shape index (κ3) is 3.35. The maximum Gasteiger partial charge on any atom is 0.252 e. The van der Waals surface area contributed by atoms with Gasteiger partial charge in [0.1, 0.15) is 0 Å². The summed E-state index contributed by atoms with van der Waals surface area (Å²) in [6.45, 7) is 4.95. The van der Waals surface area contributed by atoms with Gasteiger partial charge in [0.05, 0.1) is 11.3 Å². The van der Waals surface area contributed by atoms with Crippen molar-refractivity contribution in [3.63, 3.8) is 0 Å². The first-order chi connectivity index (χ1) is 9.58. The summed E-state index contributed by atoms with van der Waals surface area (Å²) in [6, 6.07) is 8.20. The topological polar surface area (TPSA) is 68.0 Å². The summed E-state index contributed by atoms with van der Waals surface area (Å²) in [6.07, 6.45) is 4.03. The molecule has 2 rings (SSSR count). The van der Waals surface area contributed by atoms with Crippen LogP contribution in [-0.4, -0.2) is 17.4 Å². The van der Waals surface area contributed by atoms with Gasteiger partial charge in [0.2, 0.25) is 0 Å². The molecule has 4 nitrogen and oxygen atoms in total. The molecule has 0 aliphatic rings. The lowest BCUT2D eigenvalue weighted by molar-refractivity contribution is 0.100. The van der Waals surface area contributed by atoms with Crippen molar-refractivity contribution in [2.45, 2.75) is 20.3 Å². The molecule has 0 saturated heterocycles. The van der Waals surface area contributed by atoms with Crippen molar-refractivity contribution in [3.8, 4) is 0 Å². The highest BCUT2D eigenvalue weighted by molar-refractivity contribution is 5.98. The van der Waals surface area contributed by atoms with Crippen molar-refractivity contribution in [3.05, 3.63) is 58.9 Å². The summed E-state index contributed by atoms with van der Waals surface area (Å²) in [4.78, 5) is 15.2. The highest BCUT2D eigenvalue weighted by atomic mass is 16.1. The molecule has 104 valence electrons. The minimum atomic E-state index is -0.466. The van der Waals surface area contributed by atoms with Crippen molar-refractivity contribution < 1.29 is 4.79 Å². The van der Waals surface area contributed by atoms with Gasteiger partial charge in [0, 0.05) is 18.9 Å². The molecule has 20 heavy (non-hydrogen) atoms. The zero-order valence-corrected chi connectivity index (χ0v) is 11.8. The molecule has 0 radical (unpaired) electrons. The second-order valence-corrected chi connectivity index (χ2v) is 4.89. The zero-order chi connectivity index (χ0) is 14.5. The van der Waals surface area contributed by atoms with Gasteiger partial charge < -0.3 is 11.1 Å². The van der Waals surface area contributed by atoms with E-state index < -0.39 is 5.91 Å². The Labute approximate surface area is 119 Å². The molecule has 0 spiro atoms. The van der Waals surface area contributed by atoms with Crippen LogP contribution in [0.4, 0.5) is 5.69 Å². The number of nitrogens with one attached hydrogen (secondary N) is 1. The predicted octanol–water partition coefficient (Wildman–Crippen LogP) is 2.45. The van der Waals surface area contributed by atoms with E-state index in [1.54, 1.807) is 12.3 Å². The number of pyridine rings is 1. The lowest BCUT2D eigenvalue weighted by Gasteiger charge is -2.11. The van der Waals surface area contributed by atoms with Gasteiger partial charge in [-0.2, -0.15) is 0 Å². The van der Waals surface area contributed by atoms with Crippen LogP contribution in [0.1, 0.15) is 27.0 Å². The molecule has 0 aliphatic heterocycles. The van der Waals surface area contributed by atoms with Crippen LogP contribution >= 0.6 is 0 Å². The molecule has 0 unspecified atom stereocenters. The van der Waals surface area contributed by atoms with Gasteiger partial charge >= 0.3 is 0 Å². The third-order valence-corrected chi connectivity index (χ3v) is 3.29. The second-order valence-electron chi connectivity index (χ2n) is 4.89.